The molecule has 1 amide bonds. The van der Waals surface area contributed by atoms with Crippen LogP contribution in [0.5, 0.6) is 5.75 Å². The third-order valence-corrected chi connectivity index (χ3v) is 4.29. The lowest BCUT2D eigenvalue weighted by Crippen LogP contribution is -2.44. The summed E-state index contributed by atoms with van der Waals surface area (Å²) in [7, 11) is 0. The molecule has 3 atom stereocenters. The minimum Gasteiger partial charge on any atom is -0.482 e. The molecule has 8 heteroatoms. The van der Waals surface area contributed by atoms with Crippen LogP contribution >= 0.6 is 15.9 Å². The highest BCUT2D eigenvalue weighted by Gasteiger charge is 2.34. The van der Waals surface area contributed by atoms with Gasteiger partial charge in [-0.05, 0) is 39.7 Å². The molecular formula is C16H17BrFNO5. The van der Waals surface area contributed by atoms with E-state index in [4.69, 9.17) is 10.5 Å². The average molecular weight is 402 g/mol. The van der Waals surface area contributed by atoms with Crippen LogP contribution in [0.4, 0.5) is 4.39 Å². The maximum atomic E-state index is 13.3. The highest BCUT2D eigenvalue weighted by molar-refractivity contribution is 9.10. The summed E-state index contributed by atoms with van der Waals surface area (Å²) < 4.78 is 19.3. The van der Waals surface area contributed by atoms with Crippen molar-refractivity contribution in [2.24, 2.45) is 5.73 Å². The van der Waals surface area contributed by atoms with Crippen molar-refractivity contribution in [3.8, 4) is 5.75 Å². The molecule has 1 aliphatic carbocycles. The second-order valence-corrected chi connectivity index (χ2v) is 6.36. The largest absolute Gasteiger partial charge is 0.482 e. The number of rotatable bonds is 6. The van der Waals surface area contributed by atoms with Crippen LogP contribution in [0.15, 0.2) is 34.3 Å². The van der Waals surface area contributed by atoms with Crippen LogP contribution in [0.25, 0.3) is 0 Å². The first-order chi connectivity index (χ1) is 11.3. The molecule has 0 saturated carbocycles. The molecule has 0 unspecified atom stereocenters. The number of aliphatic hydroxyl groups excluding tert-OH is 2. The van der Waals surface area contributed by atoms with Gasteiger partial charge in [0.1, 0.15) is 23.8 Å². The highest BCUT2D eigenvalue weighted by atomic mass is 79.9. The van der Waals surface area contributed by atoms with E-state index in [0.29, 0.717) is 4.47 Å². The number of ether oxygens (including phenoxy) is 1. The fourth-order valence-electron chi connectivity index (χ4n) is 2.35. The minimum atomic E-state index is -1.27. The van der Waals surface area contributed by atoms with Crippen LogP contribution in [0, 0.1) is 5.82 Å². The van der Waals surface area contributed by atoms with Gasteiger partial charge in [0.15, 0.2) is 5.78 Å². The van der Waals surface area contributed by atoms with Gasteiger partial charge in [0, 0.05) is 25.3 Å². The van der Waals surface area contributed by atoms with Crippen molar-refractivity contribution in [1.29, 1.82) is 0 Å². The Balaban J connectivity index is 2.20. The average Bonchev–Trinajstić information content (AvgIpc) is 2.52. The molecule has 1 aromatic rings. The van der Waals surface area contributed by atoms with Crippen LogP contribution in [-0.2, 0) is 9.59 Å². The fraction of sp³-hybridized carbons (Fsp3) is 0.375. The number of amides is 1. The van der Waals surface area contributed by atoms with E-state index in [-0.39, 0.29) is 36.4 Å². The second-order valence-electron chi connectivity index (χ2n) is 5.50. The molecule has 2 rings (SSSR count). The minimum absolute atomic E-state index is 0.0526. The van der Waals surface area contributed by atoms with Crippen molar-refractivity contribution in [2.75, 3.05) is 0 Å². The molecule has 0 heterocycles. The molecule has 6 nitrogen and oxygen atoms in total. The SMILES string of the molecule is NC(=O)CCC(=O)C1=C[C@@H](Oc2cc(F)ccc2Br)[C@H](O)[C@H](O)C1. The van der Waals surface area contributed by atoms with Crippen LogP contribution in [0.2, 0.25) is 0 Å². The van der Waals surface area contributed by atoms with Crippen molar-refractivity contribution in [3.05, 3.63) is 40.1 Å². The number of carbonyl (C=O) groups is 2. The molecular weight excluding hydrogens is 385 g/mol. The first kappa shape index (κ1) is 18.6. The molecule has 0 saturated heterocycles. The number of Topliss-reactive ketones (excluding diaryl/α,β-unsaturated/α-hetero) is 1. The lowest BCUT2D eigenvalue weighted by molar-refractivity contribution is -0.122. The van der Waals surface area contributed by atoms with Crippen LogP contribution in [0.3, 0.4) is 0 Å². The second kappa shape index (κ2) is 7.87. The lowest BCUT2D eigenvalue weighted by Gasteiger charge is -2.31. The molecule has 4 N–H and O–H groups in total. The van der Waals surface area contributed by atoms with Crippen LogP contribution < -0.4 is 10.5 Å². The zero-order chi connectivity index (χ0) is 17.9. The number of halogens is 2. The van der Waals surface area contributed by atoms with E-state index in [2.05, 4.69) is 15.9 Å². The summed E-state index contributed by atoms with van der Waals surface area (Å²) in [5.41, 5.74) is 5.26. The highest BCUT2D eigenvalue weighted by Crippen LogP contribution is 2.30. The number of primary amides is 1. The fourth-order valence-corrected chi connectivity index (χ4v) is 2.69. The number of hydrogen-bond donors (Lipinski definition) is 3. The maximum Gasteiger partial charge on any atom is 0.217 e. The van der Waals surface area contributed by atoms with Crippen LogP contribution in [-0.4, -0.2) is 40.2 Å². The molecule has 0 aliphatic heterocycles. The van der Waals surface area contributed by atoms with Crippen molar-refractivity contribution < 1.29 is 28.9 Å². The van der Waals surface area contributed by atoms with Gasteiger partial charge in [-0.15, -0.1) is 0 Å². The summed E-state index contributed by atoms with van der Waals surface area (Å²) in [6.45, 7) is 0. The van der Waals surface area contributed by atoms with E-state index < -0.39 is 30.0 Å². The van der Waals surface area contributed by atoms with Gasteiger partial charge in [0.2, 0.25) is 5.91 Å². The van der Waals surface area contributed by atoms with E-state index in [1.165, 1.54) is 18.2 Å². The number of aliphatic hydroxyl groups is 2. The number of benzene rings is 1. The van der Waals surface area contributed by atoms with E-state index in [0.717, 1.165) is 6.07 Å². The van der Waals surface area contributed by atoms with Gasteiger partial charge in [-0.25, -0.2) is 4.39 Å². The van der Waals surface area contributed by atoms with Gasteiger partial charge < -0.3 is 20.7 Å². The van der Waals surface area contributed by atoms with Crippen molar-refractivity contribution in [2.45, 2.75) is 37.6 Å². The number of carbonyl (C=O) groups excluding carboxylic acids is 2. The summed E-state index contributed by atoms with van der Waals surface area (Å²) in [5.74, 6) is -1.35. The molecule has 0 spiro atoms. The zero-order valence-electron chi connectivity index (χ0n) is 12.6. The maximum absolute atomic E-state index is 13.3. The predicted molar refractivity (Wildman–Crippen MR) is 86.7 cm³/mol. The Morgan fingerprint density at radius 3 is 2.71 bits per heavy atom. The summed E-state index contributed by atoms with van der Waals surface area (Å²) in [5, 5.41) is 20.0. The standard InChI is InChI=1S/C16H17BrFNO5/c17-10-2-1-9(18)7-13(10)24-14-6-8(5-12(21)16(14)23)11(20)3-4-15(19)22/h1-2,6-7,12,14,16,21,23H,3-5H2,(H2,19,22)/t12-,14-,16-/m1/s1. The first-order valence-corrected chi connectivity index (χ1v) is 8.07. The Morgan fingerprint density at radius 1 is 1.33 bits per heavy atom. The van der Waals surface area contributed by atoms with Gasteiger partial charge >= 0.3 is 0 Å². The van der Waals surface area contributed by atoms with E-state index >= 15 is 0 Å². The predicted octanol–water partition coefficient (Wildman–Crippen LogP) is 1.22. The first-order valence-electron chi connectivity index (χ1n) is 7.28. The lowest BCUT2D eigenvalue weighted by atomic mass is 9.88. The number of hydrogen-bond acceptors (Lipinski definition) is 5. The molecule has 0 bridgehead atoms. The number of ketones is 1. The van der Waals surface area contributed by atoms with Gasteiger partial charge in [0.05, 0.1) is 10.6 Å². The van der Waals surface area contributed by atoms with Crippen molar-refractivity contribution in [3.63, 3.8) is 0 Å². The van der Waals surface area contributed by atoms with Gasteiger partial charge in [0.25, 0.3) is 0 Å². The topological polar surface area (TPSA) is 110 Å². The van der Waals surface area contributed by atoms with Gasteiger partial charge in [-0.1, -0.05) is 0 Å². The third-order valence-electron chi connectivity index (χ3n) is 3.64. The molecule has 1 aliphatic rings. The molecule has 130 valence electrons. The number of nitrogens with two attached hydrogens (primary N) is 1. The molecule has 24 heavy (non-hydrogen) atoms. The summed E-state index contributed by atoms with van der Waals surface area (Å²) in [6, 6.07) is 3.80. The Labute approximate surface area is 146 Å². The van der Waals surface area contributed by atoms with Gasteiger partial charge in [-0.3, -0.25) is 9.59 Å². The van der Waals surface area contributed by atoms with E-state index in [1.807, 2.05) is 0 Å². The molecule has 0 aromatic heterocycles. The monoisotopic (exact) mass is 401 g/mol. The van der Waals surface area contributed by atoms with E-state index in [1.54, 1.807) is 0 Å². The Kier molecular flexibility index (Phi) is 6.09. The van der Waals surface area contributed by atoms with Crippen molar-refractivity contribution >= 4 is 27.6 Å². The normalized spacial score (nSPS) is 23.5. The molecule has 0 radical (unpaired) electrons. The van der Waals surface area contributed by atoms with Crippen molar-refractivity contribution in [1.82, 2.24) is 0 Å². The third kappa shape index (κ3) is 4.62. The Morgan fingerprint density at radius 2 is 2.04 bits per heavy atom. The summed E-state index contributed by atoms with van der Waals surface area (Å²) >= 11 is 3.20. The summed E-state index contributed by atoms with van der Waals surface area (Å²) in [4.78, 5) is 22.9. The Bertz CT molecular complexity index is 678. The Hall–Kier alpha value is -1.77. The van der Waals surface area contributed by atoms with Crippen LogP contribution in [0.1, 0.15) is 19.3 Å². The van der Waals surface area contributed by atoms with Gasteiger partial charge in [-0.2, -0.15) is 0 Å². The summed E-state index contributed by atoms with van der Waals surface area (Å²) in [6.07, 6.45) is -2.36. The smallest absolute Gasteiger partial charge is 0.217 e. The van der Waals surface area contributed by atoms with E-state index in [9.17, 15) is 24.2 Å². The quantitative estimate of drug-likeness (QED) is 0.663. The molecule has 0 fully saturated rings. The molecule has 1 aromatic carbocycles. The zero-order valence-corrected chi connectivity index (χ0v) is 14.2.